The van der Waals surface area contributed by atoms with Gasteiger partial charge in [0.25, 0.3) is 0 Å². The lowest BCUT2D eigenvalue weighted by Gasteiger charge is -2.35. The largest absolute Gasteiger partial charge is 0.295 e. The highest BCUT2D eigenvalue weighted by atomic mass is 32.2. The summed E-state index contributed by atoms with van der Waals surface area (Å²) in [7, 11) is 0. The second-order valence-electron chi connectivity index (χ2n) is 6.26. The van der Waals surface area contributed by atoms with Crippen LogP contribution in [-0.2, 0) is 0 Å². The Labute approximate surface area is 100.0 Å². The van der Waals surface area contributed by atoms with Gasteiger partial charge in [0.05, 0.1) is 0 Å². The Morgan fingerprint density at radius 1 is 1.33 bits per heavy atom. The van der Waals surface area contributed by atoms with Gasteiger partial charge < -0.3 is 0 Å². The molecule has 2 heteroatoms. The first kappa shape index (κ1) is 13.4. The number of rotatable bonds is 3. The molecule has 0 aromatic carbocycles. The molecule has 1 saturated heterocycles. The van der Waals surface area contributed by atoms with Crippen molar-refractivity contribution in [3.8, 4) is 0 Å². The predicted molar refractivity (Wildman–Crippen MR) is 71.6 cm³/mol. The second-order valence-corrected chi connectivity index (χ2v) is 7.59. The smallest absolute Gasteiger partial charge is 0.0190 e. The van der Waals surface area contributed by atoms with Crippen LogP contribution in [0.5, 0.6) is 0 Å². The Hall–Kier alpha value is 0.310. The third-order valence-corrected chi connectivity index (χ3v) is 4.74. The maximum atomic E-state index is 2.66. The van der Waals surface area contributed by atoms with Crippen molar-refractivity contribution in [2.45, 2.75) is 64.8 Å². The van der Waals surface area contributed by atoms with E-state index in [9.17, 15) is 0 Å². The maximum Gasteiger partial charge on any atom is 0.0190 e. The van der Waals surface area contributed by atoms with E-state index in [1.165, 1.54) is 18.7 Å². The molecule has 0 spiro atoms. The molecule has 1 heterocycles. The van der Waals surface area contributed by atoms with Crippen LogP contribution in [0.3, 0.4) is 0 Å². The van der Waals surface area contributed by atoms with Gasteiger partial charge in [-0.3, -0.25) is 4.90 Å². The van der Waals surface area contributed by atoms with Gasteiger partial charge in [-0.05, 0) is 45.8 Å². The Morgan fingerprint density at radius 2 is 1.93 bits per heavy atom. The van der Waals surface area contributed by atoms with E-state index in [4.69, 9.17) is 0 Å². The fourth-order valence-electron chi connectivity index (χ4n) is 2.37. The normalized spacial score (nSPS) is 29.0. The highest BCUT2D eigenvalue weighted by molar-refractivity contribution is 7.99. The zero-order valence-corrected chi connectivity index (χ0v) is 12.0. The van der Waals surface area contributed by atoms with Crippen LogP contribution < -0.4 is 0 Å². The Morgan fingerprint density at radius 3 is 2.33 bits per heavy atom. The minimum Gasteiger partial charge on any atom is -0.295 e. The molecule has 1 aliphatic heterocycles. The quantitative estimate of drug-likeness (QED) is 0.727. The van der Waals surface area contributed by atoms with Gasteiger partial charge in [0.15, 0.2) is 0 Å². The topological polar surface area (TPSA) is 3.24 Å². The van der Waals surface area contributed by atoms with Crippen LogP contribution in [0.25, 0.3) is 0 Å². The van der Waals surface area contributed by atoms with Crippen LogP contribution in [0, 0.1) is 5.92 Å². The molecule has 0 bridgehead atoms. The van der Waals surface area contributed by atoms with E-state index in [1.54, 1.807) is 0 Å². The number of thioether (sulfide) groups is 1. The van der Waals surface area contributed by atoms with Gasteiger partial charge in [-0.2, -0.15) is 11.8 Å². The third-order valence-electron chi connectivity index (χ3n) is 3.06. The Kier molecular flexibility index (Phi) is 4.54. The lowest BCUT2D eigenvalue weighted by Crippen LogP contribution is -2.43. The SMILES string of the molecule is CC(C)CSC1CC(C)N(C(C)(C)C)C1. The molecule has 1 rings (SSSR count). The molecule has 0 aromatic rings. The first-order valence-corrected chi connectivity index (χ1v) is 7.24. The van der Waals surface area contributed by atoms with Crippen molar-refractivity contribution in [1.29, 1.82) is 0 Å². The first-order valence-electron chi connectivity index (χ1n) is 6.19. The van der Waals surface area contributed by atoms with Crippen molar-refractivity contribution in [2.24, 2.45) is 5.92 Å². The zero-order valence-electron chi connectivity index (χ0n) is 11.2. The van der Waals surface area contributed by atoms with Crippen LogP contribution in [0.4, 0.5) is 0 Å². The van der Waals surface area contributed by atoms with Crippen molar-refractivity contribution in [3.05, 3.63) is 0 Å². The molecule has 1 nitrogen and oxygen atoms in total. The van der Waals surface area contributed by atoms with Gasteiger partial charge in [0, 0.05) is 23.4 Å². The van der Waals surface area contributed by atoms with E-state index >= 15 is 0 Å². The lowest BCUT2D eigenvalue weighted by molar-refractivity contribution is 0.131. The van der Waals surface area contributed by atoms with E-state index in [-0.39, 0.29) is 0 Å². The van der Waals surface area contributed by atoms with Gasteiger partial charge in [-0.25, -0.2) is 0 Å². The summed E-state index contributed by atoms with van der Waals surface area (Å²) < 4.78 is 0. The minimum absolute atomic E-state index is 0.340. The van der Waals surface area contributed by atoms with Crippen molar-refractivity contribution >= 4 is 11.8 Å². The first-order chi connectivity index (χ1) is 6.80. The molecule has 0 amide bonds. The van der Waals surface area contributed by atoms with Crippen LogP contribution in [0.2, 0.25) is 0 Å². The second kappa shape index (κ2) is 5.09. The fourth-order valence-corrected chi connectivity index (χ4v) is 3.70. The summed E-state index contributed by atoms with van der Waals surface area (Å²) in [6, 6.07) is 0.759. The van der Waals surface area contributed by atoms with Crippen molar-refractivity contribution in [3.63, 3.8) is 0 Å². The fraction of sp³-hybridized carbons (Fsp3) is 1.00. The van der Waals surface area contributed by atoms with E-state index in [0.717, 1.165) is 17.2 Å². The summed E-state index contributed by atoms with van der Waals surface area (Å²) in [5, 5.41) is 0.863. The minimum atomic E-state index is 0.340. The summed E-state index contributed by atoms with van der Waals surface area (Å²) in [6.07, 6.45) is 1.37. The summed E-state index contributed by atoms with van der Waals surface area (Å²) in [5.74, 6) is 2.14. The monoisotopic (exact) mass is 229 g/mol. The van der Waals surface area contributed by atoms with Crippen molar-refractivity contribution in [2.75, 3.05) is 12.3 Å². The van der Waals surface area contributed by atoms with E-state index in [1.807, 2.05) is 0 Å². The molecule has 90 valence electrons. The van der Waals surface area contributed by atoms with Gasteiger partial charge in [-0.1, -0.05) is 13.8 Å². The van der Waals surface area contributed by atoms with Crippen LogP contribution >= 0.6 is 11.8 Å². The molecule has 0 N–H and O–H groups in total. The molecule has 1 aliphatic rings. The number of nitrogens with zero attached hydrogens (tertiary/aromatic N) is 1. The summed E-state index contributed by atoms with van der Waals surface area (Å²) in [5.41, 5.74) is 0.340. The standard InChI is InChI=1S/C13H27NS/c1-10(2)9-15-12-7-11(3)14(8-12)13(4,5)6/h10-12H,7-9H2,1-6H3. The molecule has 0 aliphatic carbocycles. The number of hydrogen-bond acceptors (Lipinski definition) is 2. The van der Waals surface area contributed by atoms with Crippen LogP contribution in [0.1, 0.15) is 48.0 Å². The molecule has 2 unspecified atom stereocenters. The molecule has 0 saturated carbocycles. The molecular formula is C13H27NS. The van der Waals surface area contributed by atoms with Gasteiger partial charge in [0.1, 0.15) is 0 Å². The summed E-state index contributed by atoms with van der Waals surface area (Å²) in [6.45, 7) is 15.3. The summed E-state index contributed by atoms with van der Waals surface area (Å²) in [4.78, 5) is 2.66. The molecular weight excluding hydrogens is 202 g/mol. The van der Waals surface area contributed by atoms with Gasteiger partial charge >= 0.3 is 0 Å². The molecule has 0 aromatic heterocycles. The number of likely N-dealkylation sites (tertiary alicyclic amines) is 1. The molecule has 1 fully saturated rings. The van der Waals surface area contributed by atoms with E-state index < -0.39 is 0 Å². The lowest BCUT2D eigenvalue weighted by atomic mass is 10.1. The average molecular weight is 229 g/mol. The Balaban J connectivity index is 2.42. The van der Waals surface area contributed by atoms with E-state index in [2.05, 4.69) is 58.2 Å². The van der Waals surface area contributed by atoms with E-state index in [0.29, 0.717) is 5.54 Å². The highest BCUT2D eigenvalue weighted by Gasteiger charge is 2.35. The highest BCUT2D eigenvalue weighted by Crippen LogP contribution is 2.33. The van der Waals surface area contributed by atoms with Gasteiger partial charge in [0.2, 0.25) is 0 Å². The Bertz CT molecular complexity index is 195. The maximum absolute atomic E-state index is 2.66. The van der Waals surface area contributed by atoms with Crippen LogP contribution in [-0.4, -0.2) is 34.0 Å². The van der Waals surface area contributed by atoms with Crippen LogP contribution in [0.15, 0.2) is 0 Å². The molecule has 15 heavy (non-hydrogen) atoms. The van der Waals surface area contributed by atoms with Gasteiger partial charge in [-0.15, -0.1) is 0 Å². The zero-order chi connectivity index (χ0) is 11.6. The molecule has 2 atom stereocenters. The summed E-state index contributed by atoms with van der Waals surface area (Å²) >= 11 is 2.17. The van der Waals surface area contributed by atoms with Crippen molar-refractivity contribution in [1.82, 2.24) is 4.90 Å². The number of hydrogen-bond donors (Lipinski definition) is 0. The predicted octanol–water partition coefficient (Wildman–Crippen LogP) is 3.64. The van der Waals surface area contributed by atoms with Crippen molar-refractivity contribution < 1.29 is 0 Å². The average Bonchev–Trinajstić information content (AvgIpc) is 2.42. The third kappa shape index (κ3) is 3.99. The molecule has 0 radical (unpaired) electrons.